The molecule has 0 saturated heterocycles. The summed E-state index contributed by atoms with van der Waals surface area (Å²) >= 11 is 0. The molecule has 0 amide bonds. The lowest BCUT2D eigenvalue weighted by Crippen LogP contribution is -2.03. The Morgan fingerprint density at radius 3 is 2.40 bits per heavy atom. The van der Waals surface area contributed by atoms with E-state index in [1.807, 2.05) is 31.3 Å². The minimum absolute atomic E-state index is 0.230. The number of benzene rings is 2. The maximum absolute atomic E-state index is 12.8. The van der Waals surface area contributed by atoms with E-state index in [9.17, 15) is 4.39 Å². The molecule has 0 aromatic heterocycles. The van der Waals surface area contributed by atoms with Crippen molar-refractivity contribution in [2.75, 3.05) is 13.6 Å². The minimum Gasteiger partial charge on any atom is -0.489 e. The van der Waals surface area contributed by atoms with E-state index in [0.717, 1.165) is 23.4 Å². The number of hydrogen-bond donors (Lipinski definition) is 1. The number of nitrogens with one attached hydrogen (secondary N) is 1. The lowest BCUT2D eigenvalue weighted by molar-refractivity contribution is 0.306. The Morgan fingerprint density at radius 2 is 1.75 bits per heavy atom. The first-order valence-corrected chi connectivity index (χ1v) is 6.56. The number of hydrogen-bond acceptors (Lipinski definition) is 2. The van der Waals surface area contributed by atoms with Crippen molar-refractivity contribution in [1.82, 2.24) is 5.32 Å². The summed E-state index contributed by atoms with van der Waals surface area (Å²) in [5.74, 6) is 0.576. The highest BCUT2D eigenvalue weighted by molar-refractivity contribution is 5.50. The predicted molar refractivity (Wildman–Crippen MR) is 80.1 cm³/mol. The number of rotatable bonds is 6. The molecule has 0 bridgehead atoms. The fourth-order valence-electron chi connectivity index (χ4n) is 1.74. The van der Waals surface area contributed by atoms with Crippen LogP contribution >= 0.6 is 0 Å². The fraction of sp³-hybridized carbons (Fsp3) is 0.176. The zero-order chi connectivity index (χ0) is 14.2. The van der Waals surface area contributed by atoms with Crippen LogP contribution in [0.15, 0.2) is 54.6 Å². The molecule has 0 radical (unpaired) electrons. The third-order valence-electron chi connectivity index (χ3n) is 2.83. The van der Waals surface area contributed by atoms with E-state index < -0.39 is 0 Å². The van der Waals surface area contributed by atoms with Gasteiger partial charge < -0.3 is 10.1 Å². The standard InChI is InChI=1S/C17H18FNO/c1-19-12-2-3-14-6-10-17(11-7-14)20-13-15-4-8-16(18)9-5-15/h2-11,19H,12-13H2,1H3. The van der Waals surface area contributed by atoms with Gasteiger partial charge in [-0.1, -0.05) is 36.4 Å². The first-order chi connectivity index (χ1) is 9.78. The van der Waals surface area contributed by atoms with Crippen LogP contribution in [0.5, 0.6) is 5.75 Å². The van der Waals surface area contributed by atoms with Gasteiger partial charge in [0.25, 0.3) is 0 Å². The van der Waals surface area contributed by atoms with E-state index >= 15 is 0 Å². The molecule has 2 rings (SSSR count). The van der Waals surface area contributed by atoms with E-state index in [1.54, 1.807) is 12.1 Å². The summed E-state index contributed by atoms with van der Waals surface area (Å²) in [6.45, 7) is 1.29. The van der Waals surface area contributed by atoms with E-state index in [4.69, 9.17) is 4.74 Å². The van der Waals surface area contributed by atoms with Gasteiger partial charge >= 0.3 is 0 Å². The predicted octanol–water partition coefficient (Wildman–Crippen LogP) is 3.64. The molecule has 2 aromatic carbocycles. The van der Waals surface area contributed by atoms with Crippen LogP contribution in [0.25, 0.3) is 6.08 Å². The lowest BCUT2D eigenvalue weighted by atomic mass is 10.2. The highest BCUT2D eigenvalue weighted by Gasteiger charge is 1.97. The van der Waals surface area contributed by atoms with E-state index in [0.29, 0.717) is 6.61 Å². The zero-order valence-electron chi connectivity index (χ0n) is 11.5. The third-order valence-corrected chi connectivity index (χ3v) is 2.83. The highest BCUT2D eigenvalue weighted by Crippen LogP contribution is 2.15. The van der Waals surface area contributed by atoms with Gasteiger partial charge in [0.05, 0.1) is 0 Å². The molecule has 0 heterocycles. The molecule has 0 aliphatic heterocycles. The number of halogens is 1. The molecular weight excluding hydrogens is 253 g/mol. The lowest BCUT2D eigenvalue weighted by Gasteiger charge is -2.06. The second-order valence-electron chi connectivity index (χ2n) is 4.44. The average molecular weight is 271 g/mol. The first-order valence-electron chi connectivity index (χ1n) is 6.56. The monoisotopic (exact) mass is 271 g/mol. The summed E-state index contributed by atoms with van der Waals surface area (Å²) in [7, 11) is 1.91. The summed E-state index contributed by atoms with van der Waals surface area (Å²) < 4.78 is 18.4. The normalized spacial score (nSPS) is 10.9. The topological polar surface area (TPSA) is 21.3 Å². The molecule has 0 unspecified atom stereocenters. The molecule has 0 spiro atoms. The van der Waals surface area contributed by atoms with Gasteiger partial charge in [-0.15, -0.1) is 0 Å². The second-order valence-corrected chi connectivity index (χ2v) is 4.44. The van der Waals surface area contributed by atoms with Gasteiger partial charge in [-0.2, -0.15) is 0 Å². The van der Waals surface area contributed by atoms with Crippen molar-refractivity contribution < 1.29 is 9.13 Å². The Morgan fingerprint density at radius 1 is 1.05 bits per heavy atom. The van der Waals surface area contributed by atoms with Gasteiger partial charge in [0.2, 0.25) is 0 Å². The largest absolute Gasteiger partial charge is 0.489 e. The molecule has 3 heteroatoms. The van der Waals surface area contributed by atoms with Gasteiger partial charge in [-0.3, -0.25) is 0 Å². The first kappa shape index (κ1) is 14.3. The Balaban J connectivity index is 1.89. The summed E-state index contributed by atoms with van der Waals surface area (Å²) in [6, 6.07) is 14.2. The van der Waals surface area contributed by atoms with Crippen LogP contribution in [0.1, 0.15) is 11.1 Å². The SMILES string of the molecule is CNCC=Cc1ccc(OCc2ccc(F)cc2)cc1. The maximum Gasteiger partial charge on any atom is 0.123 e. The molecule has 104 valence electrons. The minimum atomic E-state index is -0.230. The fourth-order valence-corrected chi connectivity index (χ4v) is 1.74. The van der Waals surface area contributed by atoms with Crippen LogP contribution in [0.3, 0.4) is 0 Å². The summed E-state index contributed by atoms with van der Waals surface area (Å²) in [5, 5.41) is 3.05. The average Bonchev–Trinajstić information content (AvgIpc) is 2.48. The van der Waals surface area contributed by atoms with Crippen molar-refractivity contribution in [3.63, 3.8) is 0 Å². The van der Waals surface area contributed by atoms with E-state index in [1.165, 1.54) is 12.1 Å². The Bertz CT molecular complexity index is 546. The van der Waals surface area contributed by atoms with Crippen LogP contribution in [0.4, 0.5) is 4.39 Å². The van der Waals surface area contributed by atoms with Crippen LogP contribution in [0.2, 0.25) is 0 Å². The van der Waals surface area contributed by atoms with Gasteiger partial charge in [0.15, 0.2) is 0 Å². The van der Waals surface area contributed by atoms with Crippen LogP contribution < -0.4 is 10.1 Å². The van der Waals surface area contributed by atoms with Crippen molar-refractivity contribution >= 4 is 6.08 Å². The summed E-state index contributed by atoms with van der Waals surface area (Å²) in [5.41, 5.74) is 2.08. The number of ether oxygens (including phenoxy) is 1. The Hall–Kier alpha value is -2.13. The molecule has 1 N–H and O–H groups in total. The molecule has 0 aliphatic rings. The van der Waals surface area contributed by atoms with Crippen LogP contribution in [-0.4, -0.2) is 13.6 Å². The van der Waals surface area contributed by atoms with Crippen molar-refractivity contribution in [2.45, 2.75) is 6.61 Å². The van der Waals surface area contributed by atoms with Crippen LogP contribution in [0, 0.1) is 5.82 Å². The van der Waals surface area contributed by atoms with Crippen molar-refractivity contribution in [3.8, 4) is 5.75 Å². The maximum atomic E-state index is 12.8. The zero-order valence-corrected chi connectivity index (χ0v) is 11.5. The quantitative estimate of drug-likeness (QED) is 0.866. The van der Waals surface area contributed by atoms with Gasteiger partial charge in [-0.05, 0) is 42.4 Å². The molecule has 20 heavy (non-hydrogen) atoms. The van der Waals surface area contributed by atoms with Crippen molar-refractivity contribution in [3.05, 3.63) is 71.6 Å². The van der Waals surface area contributed by atoms with Crippen LogP contribution in [-0.2, 0) is 6.61 Å². The molecule has 0 atom stereocenters. The van der Waals surface area contributed by atoms with Gasteiger partial charge in [0, 0.05) is 6.54 Å². The summed E-state index contributed by atoms with van der Waals surface area (Å²) in [4.78, 5) is 0. The molecule has 0 fully saturated rings. The molecule has 0 aliphatic carbocycles. The molecule has 2 nitrogen and oxygen atoms in total. The second kappa shape index (κ2) is 7.46. The molecule has 0 saturated carbocycles. The molecular formula is C17H18FNO. The highest BCUT2D eigenvalue weighted by atomic mass is 19.1. The Kier molecular flexibility index (Phi) is 5.33. The van der Waals surface area contributed by atoms with Gasteiger partial charge in [-0.25, -0.2) is 4.39 Å². The Labute approximate surface area is 118 Å². The van der Waals surface area contributed by atoms with Crippen molar-refractivity contribution in [2.24, 2.45) is 0 Å². The smallest absolute Gasteiger partial charge is 0.123 e. The van der Waals surface area contributed by atoms with Gasteiger partial charge in [0.1, 0.15) is 18.2 Å². The number of likely N-dealkylation sites (N-methyl/N-ethyl adjacent to an activating group) is 1. The van der Waals surface area contributed by atoms with E-state index in [2.05, 4.69) is 17.5 Å². The third kappa shape index (κ3) is 4.52. The van der Waals surface area contributed by atoms with E-state index in [-0.39, 0.29) is 5.82 Å². The van der Waals surface area contributed by atoms with Crippen molar-refractivity contribution in [1.29, 1.82) is 0 Å². The molecule has 2 aromatic rings. The summed E-state index contributed by atoms with van der Waals surface area (Å²) in [6.07, 6.45) is 4.12.